The van der Waals surface area contributed by atoms with Crippen LogP contribution >= 0.6 is 0 Å². The summed E-state index contributed by atoms with van der Waals surface area (Å²) in [7, 11) is 0. The molecule has 1 aromatic carbocycles. The van der Waals surface area contributed by atoms with Gasteiger partial charge in [0.25, 0.3) is 0 Å². The van der Waals surface area contributed by atoms with Crippen LogP contribution in [0.15, 0.2) is 24.3 Å². The van der Waals surface area contributed by atoms with E-state index in [-0.39, 0.29) is 30.7 Å². The molecule has 3 rings (SSSR count). The van der Waals surface area contributed by atoms with Crippen molar-refractivity contribution in [3.63, 3.8) is 0 Å². The van der Waals surface area contributed by atoms with Crippen molar-refractivity contribution in [3.8, 4) is 0 Å². The normalized spacial score (nSPS) is 17.0. The fourth-order valence-electron chi connectivity index (χ4n) is 3.36. The lowest BCUT2D eigenvalue weighted by Crippen LogP contribution is -2.45. The predicted molar refractivity (Wildman–Crippen MR) is 99.0 cm³/mol. The van der Waals surface area contributed by atoms with Crippen LogP contribution < -0.4 is 5.32 Å². The SMILES string of the molecule is O=C(O)CCNC(=O)[C@H]1CCCN(C(=O)CCc2nc3ccccc3[nH]2)C1. The molecule has 0 bridgehead atoms. The second kappa shape index (κ2) is 8.66. The number of nitrogens with zero attached hydrogens (tertiary/aromatic N) is 2. The molecular weight excluding hydrogens is 348 g/mol. The molecule has 3 N–H and O–H groups in total. The average Bonchev–Trinajstić information content (AvgIpc) is 3.09. The van der Waals surface area contributed by atoms with Crippen molar-refractivity contribution in [1.29, 1.82) is 0 Å². The molecule has 0 spiro atoms. The van der Waals surface area contributed by atoms with Gasteiger partial charge in [-0.3, -0.25) is 14.4 Å². The highest BCUT2D eigenvalue weighted by Crippen LogP contribution is 2.18. The zero-order chi connectivity index (χ0) is 19.2. The molecule has 1 aliphatic heterocycles. The second-order valence-corrected chi connectivity index (χ2v) is 6.81. The van der Waals surface area contributed by atoms with Crippen LogP contribution in [0.2, 0.25) is 0 Å². The number of hydrogen-bond acceptors (Lipinski definition) is 4. The molecular formula is C19H24N4O4. The van der Waals surface area contributed by atoms with Crippen LogP contribution in [0.1, 0.15) is 31.5 Å². The summed E-state index contributed by atoms with van der Waals surface area (Å²) in [6.45, 7) is 1.15. The van der Waals surface area contributed by atoms with Gasteiger partial charge in [0.1, 0.15) is 5.82 Å². The van der Waals surface area contributed by atoms with Crippen molar-refractivity contribution in [2.24, 2.45) is 5.92 Å². The maximum Gasteiger partial charge on any atom is 0.305 e. The van der Waals surface area contributed by atoms with Gasteiger partial charge in [0.05, 0.1) is 23.4 Å². The van der Waals surface area contributed by atoms with E-state index in [0.29, 0.717) is 32.4 Å². The molecule has 1 saturated heterocycles. The summed E-state index contributed by atoms with van der Waals surface area (Å²) in [6, 6.07) is 7.74. The average molecular weight is 372 g/mol. The molecule has 2 heterocycles. The Kier molecular flexibility index (Phi) is 6.05. The first-order valence-corrected chi connectivity index (χ1v) is 9.24. The number of hydrogen-bond donors (Lipinski definition) is 3. The van der Waals surface area contributed by atoms with E-state index in [9.17, 15) is 14.4 Å². The minimum Gasteiger partial charge on any atom is -0.481 e. The number of benzene rings is 1. The Morgan fingerprint density at radius 3 is 2.85 bits per heavy atom. The van der Waals surface area contributed by atoms with Crippen LogP contribution in [0.5, 0.6) is 0 Å². The van der Waals surface area contributed by atoms with E-state index < -0.39 is 5.97 Å². The van der Waals surface area contributed by atoms with Gasteiger partial charge in [-0.15, -0.1) is 0 Å². The predicted octanol–water partition coefficient (Wildman–Crippen LogP) is 1.33. The molecule has 8 nitrogen and oxygen atoms in total. The highest BCUT2D eigenvalue weighted by molar-refractivity contribution is 5.82. The first-order chi connectivity index (χ1) is 13.0. The number of aliphatic carboxylic acids is 1. The van der Waals surface area contributed by atoms with E-state index >= 15 is 0 Å². The second-order valence-electron chi connectivity index (χ2n) is 6.81. The quantitative estimate of drug-likeness (QED) is 0.678. The zero-order valence-electron chi connectivity index (χ0n) is 15.1. The Balaban J connectivity index is 1.49. The first-order valence-electron chi connectivity index (χ1n) is 9.24. The minimum absolute atomic E-state index is 0.0125. The number of likely N-dealkylation sites (tertiary alicyclic amines) is 1. The molecule has 0 unspecified atom stereocenters. The van der Waals surface area contributed by atoms with Gasteiger partial charge in [0.15, 0.2) is 0 Å². The lowest BCUT2D eigenvalue weighted by Gasteiger charge is -2.32. The number of para-hydroxylation sites is 2. The third-order valence-corrected chi connectivity index (χ3v) is 4.80. The number of fused-ring (bicyclic) bond motifs is 1. The van der Waals surface area contributed by atoms with Crippen LogP contribution in [0.3, 0.4) is 0 Å². The number of imidazole rings is 1. The number of nitrogens with one attached hydrogen (secondary N) is 2. The highest BCUT2D eigenvalue weighted by Gasteiger charge is 2.28. The number of rotatable bonds is 7. The number of carboxylic acid groups (broad SMARTS) is 1. The van der Waals surface area contributed by atoms with Crippen molar-refractivity contribution in [3.05, 3.63) is 30.1 Å². The number of aromatic nitrogens is 2. The molecule has 2 aromatic rings. The standard InChI is InChI=1S/C19H24N4O4/c24-17(8-7-16-21-14-5-1-2-6-15(14)22-16)23-11-3-4-13(12-23)19(27)20-10-9-18(25)26/h1-2,5-6,13H,3-4,7-12H2,(H,20,27)(H,21,22)(H,25,26)/t13-/m0/s1. The Labute approximate surface area is 157 Å². The Morgan fingerprint density at radius 1 is 1.26 bits per heavy atom. The Hall–Kier alpha value is -2.90. The summed E-state index contributed by atoms with van der Waals surface area (Å²) >= 11 is 0. The van der Waals surface area contributed by atoms with Crippen molar-refractivity contribution < 1.29 is 19.5 Å². The van der Waals surface area contributed by atoms with Crippen LogP contribution in [0.25, 0.3) is 11.0 Å². The van der Waals surface area contributed by atoms with Crippen LogP contribution in [-0.4, -0.2) is 57.4 Å². The smallest absolute Gasteiger partial charge is 0.305 e. The lowest BCUT2D eigenvalue weighted by molar-refractivity contribution is -0.137. The third-order valence-electron chi connectivity index (χ3n) is 4.80. The number of carboxylic acids is 1. The number of aromatic amines is 1. The highest BCUT2D eigenvalue weighted by atomic mass is 16.4. The van der Waals surface area contributed by atoms with Crippen LogP contribution in [0, 0.1) is 5.92 Å². The molecule has 1 atom stereocenters. The number of carbonyl (C=O) groups excluding carboxylic acids is 2. The number of H-pyrrole nitrogens is 1. The third kappa shape index (κ3) is 5.06. The molecule has 0 saturated carbocycles. The van der Waals surface area contributed by atoms with Gasteiger partial charge in [0.2, 0.25) is 11.8 Å². The lowest BCUT2D eigenvalue weighted by atomic mass is 9.96. The van der Waals surface area contributed by atoms with E-state index in [0.717, 1.165) is 23.3 Å². The molecule has 1 aliphatic rings. The molecule has 27 heavy (non-hydrogen) atoms. The monoisotopic (exact) mass is 372 g/mol. The fourth-order valence-corrected chi connectivity index (χ4v) is 3.36. The van der Waals surface area contributed by atoms with Gasteiger partial charge in [0, 0.05) is 32.5 Å². The van der Waals surface area contributed by atoms with E-state index in [1.165, 1.54) is 0 Å². The van der Waals surface area contributed by atoms with Gasteiger partial charge in [-0.05, 0) is 25.0 Å². The Bertz CT molecular complexity index is 799. The molecule has 0 aliphatic carbocycles. The number of amides is 2. The van der Waals surface area contributed by atoms with E-state index in [1.54, 1.807) is 4.90 Å². The molecule has 1 fully saturated rings. The van der Waals surface area contributed by atoms with Crippen LogP contribution in [-0.2, 0) is 20.8 Å². The maximum absolute atomic E-state index is 12.5. The summed E-state index contributed by atoms with van der Waals surface area (Å²) in [5.41, 5.74) is 1.84. The van der Waals surface area contributed by atoms with E-state index in [4.69, 9.17) is 5.11 Å². The van der Waals surface area contributed by atoms with Crippen LogP contribution in [0.4, 0.5) is 0 Å². The van der Waals surface area contributed by atoms with Gasteiger partial charge >= 0.3 is 5.97 Å². The number of carbonyl (C=O) groups is 3. The number of piperidine rings is 1. The summed E-state index contributed by atoms with van der Waals surface area (Å²) in [5, 5.41) is 11.3. The largest absolute Gasteiger partial charge is 0.481 e. The van der Waals surface area contributed by atoms with E-state index in [2.05, 4.69) is 15.3 Å². The van der Waals surface area contributed by atoms with Crippen molar-refractivity contribution in [2.75, 3.05) is 19.6 Å². The minimum atomic E-state index is -0.943. The number of aryl methyl sites for hydroxylation is 1. The molecule has 2 amide bonds. The van der Waals surface area contributed by atoms with Crippen molar-refractivity contribution >= 4 is 28.8 Å². The maximum atomic E-state index is 12.5. The summed E-state index contributed by atoms with van der Waals surface area (Å²) in [4.78, 5) is 44.7. The summed E-state index contributed by atoms with van der Waals surface area (Å²) < 4.78 is 0. The molecule has 8 heteroatoms. The van der Waals surface area contributed by atoms with Gasteiger partial charge < -0.3 is 20.3 Å². The van der Waals surface area contributed by atoms with Crippen molar-refractivity contribution in [2.45, 2.75) is 32.1 Å². The topological polar surface area (TPSA) is 115 Å². The van der Waals surface area contributed by atoms with Gasteiger partial charge in [-0.2, -0.15) is 0 Å². The van der Waals surface area contributed by atoms with Gasteiger partial charge in [-0.25, -0.2) is 4.98 Å². The first kappa shape index (κ1) is 18.9. The molecule has 1 aromatic heterocycles. The summed E-state index contributed by atoms with van der Waals surface area (Å²) in [6.07, 6.45) is 2.25. The molecule has 0 radical (unpaired) electrons. The van der Waals surface area contributed by atoms with Gasteiger partial charge in [-0.1, -0.05) is 12.1 Å². The zero-order valence-corrected chi connectivity index (χ0v) is 15.1. The molecule has 144 valence electrons. The Morgan fingerprint density at radius 2 is 2.07 bits per heavy atom. The fraction of sp³-hybridized carbons (Fsp3) is 0.474. The van der Waals surface area contributed by atoms with Crippen molar-refractivity contribution in [1.82, 2.24) is 20.2 Å². The van der Waals surface area contributed by atoms with E-state index in [1.807, 2.05) is 24.3 Å². The summed E-state index contributed by atoms with van der Waals surface area (Å²) in [5.74, 6) is -0.599.